The molecule has 1 amide bonds. The molecule has 21 heavy (non-hydrogen) atoms. The predicted molar refractivity (Wildman–Crippen MR) is 78.4 cm³/mol. The minimum Gasteiger partial charge on any atom is -0.494 e. The van der Waals surface area contributed by atoms with Crippen molar-refractivity contribution >= 4 is 28.2 Å². The van der Waals surface area contributed by atoms with Gasteiger partial charge >= 0.3 is 5.97 Å². The van der Waals surface area contributed by atoms with Crippen LogP contribution in [0.15, 0.2) is 12.0 Å². The van der Waals surface area contributed by atoms with Crippen LogP contribution in [0.2, 0.25) is 0 Å². The number of nitrogens with one attached hydrogen (secondary N) is 1. The Balaban J connectivity index is 2.23. The van der Waals surface area contributed by atoms with Crippen molar-refractivity contribution in [2.45, 2.75) is 20.8 Å². The third-order valence-electron chi connectivity index (χ3n) is 2.96. The molecule has 0 bridgehead atoms. The van der Waals surface area contributed by atoms with E-state index in [0.29, 0.717) is 23.8 Å². The molecule has 0 spiro atoms. The molecule has 1 aliphatic rings. The minimum atomic E-state index is -0.443. The first-order chi connectivity index (χ1) is 10.0. The Bertz CT molecular complexity index is 590. The standard InChI is InChI=1S/C14H17NO5S/c1-4-19-14(17)11-8(2)9(3)21-13(11)15-12(16)10-7-18-5-6-20-10/h7H,4-6H2,1-3H3,(H,15,16). The zero-order valence-corrected chi connectivity index (χ0v) is 13.0. The van der Waals surface area contributed by atoms with E-state index in [9.17, 15) is 9.59 Å². The summed E-state index contributed by atoms with van der Waals surface area (Å²) in [4.78, 5) is 25.1. The molecule has 0 atom stereocenters. The summed E-state index contributed by atoms with van der Waals surface area (Å²) in [5.41, 5.74) is 1.20. The van der Waals surface area contributed by atoms with Gasteiger partial charge in [-0.15, -0.1) is 11.3 Å². The highest BCUT2D eigenvalue weighted by Gasteiger charge is 2.24. The summed E-state index contributed by atoms with van der Waals surface area (Å²) in [6, 6.07) is 0. The number of hydrogen-bond acceptors (Lipinski definition) is 6. The molecule has 0 aliphatic carbocycles. The molecule has 0 unspecified atom stereocenters. The number of carbonyl (C=O) groups is 2. The number of hydrogen-bond donors (Lipinski definition) is 1. The molecule has 6 nitrogen and oxygen atoms in total. The first kappa shape index (κ1) is 15.4. The Kier molecular flexibility index (Phi) is 4.85. The van der Waals surface area contributed by atoms with Crippen LogP contribution in [0, 0.1) is 13.8 Å². The summed E-state index contributed by atoms with van der Waals surface area (Å²) in [7, 11) is 0. The quantitative estimate of drug-likeness (QED) is 0.864. The Morgan fingerprint density at radius 1 is 1.38 bits per heavy atom. The molecule has 1 aromatic rings. The summed E-state index contributed by atoms with van der Waals surface area (Å²) < 4.78 is 15.3. The maximum Gasteiger partial charge on any atom is 0.341 e. The maximum atomic E-state index is 12.1. The van der Waals surface area contributed by atoms with E-state index in [1.54, 1.807) is 6.92 Å². The van der Waals surface area contributed by atoms with Gasteiger partial charge in [-0.1, -0.05) is 0 Å². The van der Waals surface area contributed by atoms with Gasteiger partial charge in [0.25, 0.3) is 5.91 Å². The largest absolute Gasteiger partial charge is 0.494 e. The fraction of sp³-hybridized carbons (Fsp3) is 0.429. The van der Waals surface area contributed by atoms with Crippen LogP contribution in [-0.2, 0) is 19.0 Å². The van der Waals surface area contributed by atoms with Crippen LogP contribution in [-0.4, -0.2) is 31.7 Å². The Hall–Kier alpha value is -2.02. The van der Waals surface area contributed by atoms with Crippen LogP contribution >= 0.6 is 11.3 Å². The lowest BCUT2D eigenvalue weighted by molar-refractivity contribution is -0.117. The SMILES string of the molecule is CCOC(=O)c1c(NC(=O)C2=COCCO2)sc(C)c1C. The van der Waals surface area contributed by atoms with E-state index in [-0.39, 0.29) is 12.4 Å². The summed E-state index contributed by atoms with van der Waals surface area (Å²) >= 11 is 1.33. The zero-order chi connectivity index (χ0) is 15.4. The predicted octanol–water partition coefficient (Wildman–Crippen LogP) is 2.37. The maximum absolute atomic E-state index is 12.1. The van der Waals surface area contributed by atoms with Crippen molar-refractivity contribution in [3.05, 3.63) is 28.0 Å². The summed E-state index contributed by atoms with van der Waals surface area (Å²) in [6.45, 7) is 6.48. The fourth-order valence-electron chi connectivity index (χ4n) is 1.82. The lowest BCUT2D eigenvalue weighted by Gasteiger charge is -2.15. The first-order valence-corrected chi connectivity index (χ1v) is 7.39. The number of esters is 1. The van der Waals surface area contributed by atoms with Crippen LogP contribution in [0.3, 0.4) is 0 Å². The second kappa shape index (κ2) is 6.62. The van der Waals surface area contributed by atoms with Crippen LogP contribution in [0.25, 0.3) is 0 Å². The normalized spacial score (nSPS) is 13.8. The van der Waals surface area contributed by atoms with E-state index in [1.165, 1.54) is 17.6 Å². The molecular formula is C14H17NO5S. The van der Waals surface area contributed by atoms with Gasteiger partial charge in [0.2, 0.25) is 5.76 Å². The van der Waals surface area contributed by atoms with E-state index in [2.05, 4.69) is 5.32 Å². The second-order valence-electron chi connectivity index (χ2n) is 4.36. The average molecular weight is 311 g/mol. The van der Waals surface area contributed by atoms with Crippen molar-refractivity contribution < 1.29 is 23.8 Å². The van der Waals surface area contributed by atoms with Crippen molar-refractivity contribution in [3.63, 3.8) is 0 Å². The number of aryl methyl sites for hydroxylation is 1. The van der Waals surface area contributed by atoms with Gasteiger partial charge in [-0.05, 0) is 26.3 Å². The minimum absolute atomic E-state index is 0.0970. The molecule has 0 saturated carbocycles. The molecule has 0 fully saturated rings. The Labute approximate surface area is 126 Å². The van der Waals surface area contributed by atoms with E-state index < -0.39 is 11.9 Å². The monoisotopic (exact) mass is 311 g/mol. The molecule has 0 radical (unpaired) electrons. The zero-order valence-electron chi connectivity index (χ0n) is 12.1. The molecule has 114 valence electrons. The molecule has 0 saturated heterocycles. The first-order valence-electron chi connectivity index (χ1n) is 6.57. The van der Waals surface area contributed by atoms with Gasteiger partial charge in [0.1, 0.15) is 24.5 Å². The lowest BCUT2D eigenvalue weighted by atomic mass is 10.1. The van der Waals surface area contributed by atoms with Crippen LogP contribution in [0.1, 0.15) is 27.7 Å². The smallest absolute Gasteiger partial charge is 0.341 e. The van der Waals surface area contributed by atoms with Crippen molar-refractivity contribution in [2.24, 2.45) is 0 Å². The van der Waals surface area contributed by atoms with E-state index in [4.69, 9.17) is 14.2 Å². The van der Waals surface area contributed by atoms with Crippen molar-refractivity contribution in [2.75, 3.05) is 25.1 Å². The third-order valence-corrected chi connectivity index (χ3v) is 4.09. The highest BCUT2D eigenvalue weighted by Crippen LogP contribution is 2.33. The molecule has 2 rings (SSSR count). The summed E-state index contributed by atoms with van der Waals surface area (Å²) in [5, 5.41) is 3.15. The van der Waals surface area contributed by atoms with Crippen LogP contribution in [0.5, 0.6) is 0 Å². The highest BCUT2D eigenvalue weighted by atomic mass is 32.1. The van der Waals surface area contributed by atoms with Crippen molar-refractivity contribution in [1.82, 2.24) is 0 Å². The number of rotatable bonds is 4. The van der Waals surface area contributed by atoms with Gasteiger partial charge in [0.15, 0.2) is 0 Å². The summed E-state index contributed by atoms with van der Waals surface area (Å²) in [5.74, 6) is -0.786. The molecule has 0 aromatic carbocycles. The Morgan fingerprint density at radius 2 is 2.14 bits per heavy atom. The van der Waals surface area contributed by atoms with Gasteiger partial charge < -0.3 is 19.5 Å². The molecular weight excluding hydrogens is 294 g/mol. The fourth-order valence-corrected chi connectivity index (χ4v) is 2.86. The van der Waals surface area contributed by atoms with Crippen molar-refractivity contribution in [1.29, 1.82) is 0 Å². The van der Waals surface area contributed by atoms with E-state index in [1.807, 2.05) is 13.8 Å². The van der Waals surface area contributed by atoms with Gasteiger partial charge in [-0.3, -0.25) is 4.79 Å². The number of carbonyl (C=O) groups excluding carboxylic acids is 2. The average Bonchev–Trinajstić information content (AvgIpc) is 2.75. The van der Waals surface area contributed by atoms with Crippen LogP contribution in [0.4, 0.5) is 5.00 Å². The Morgan fingerprint density at radius 3 is 2.76 bits per heavy atom. The molecule has 1 N–H and O–H groups in total. The van der Waals surface area contributed by atoms with E-state index in [0.717, 1.165) is 10.4 Å². The second-order valence-corrected chi connectivity index (χ2v) is 5.59. The van der Waals surface area contributed by atoms with Gasteiger partial charge in [-0.25, -0.2) is 4.79 Å². The van der Waals surface area contributed by atoms with Crippen molar-refractivity contribution in [3.8, 4) is 0 Å². The van der Waals surface area contributed by atoms with Crippen LogP contribution < -0.4 is 5.32 Å². The number of thiophene rings is 1. The highest BCUT2D eigenvalue weighted by molar-refractivity contribution is 7.16. The molecule has 2 heterocycles. The molecule has 1 aromatic heterocycles. The third kappa shape index (κ3) is 3.36. The number of ether oxygens (including phenoxy) is 3. The topological polar surface area (TPSA) is 73.9 Å². The van der Waals surface area contributed by atoms with E-state index >= 15 is 0 Å². The van der Waals surface area contributed by atoms with Gasteiger partial charge in [0, 0.05) is 4.88 Å². The summed E-state index contributed by atoms with van der Waals surface area (Å²) in [6.07, 6.45) is 1.27. The molecule has 1 aliphatic heterocycles. The number of amides is 1. The number of anilines is 1. The van der Waals surface area contributed by atoms with Gasteiger partial charge in [0.05, 0.1) is 12.2 Å². The van der Waals surface area contributed by atoms with Gasteiger partial charge in [-0.2, -0.15) is 0 Å². The molecule has 7 heteroatoms. The lowest BCUT2D eigenvalue weighted by Crippen LogP contribution is -2.21.